The summed E-state index contributed by atoms with van der Waals surface area (Å²) in [6, 6.07) is 8.53. The van der Waals surface area contributed by atoms with E-state index >= 15 is 0 Å². The summed E-state index contributed by atoms with van der Waals surface area (Å²) in [5, 5.41) is 16.5. The van der Waals surface area contributed by atoms with Crippen LogP contribution in [0.25, 0.3) is 5.82 Å². The van der Waals surface area contributed by atoms with Crippen LogP contribution < -0.4 is 15.0 Å². The van der Waals surface area contributed by atoms with Crippen molar-refractivity contribution >= 4 is 11.9 Å². The average Bonchev–Trinajstić information content (AvgIpc) is 3.66. The number of morpholine rings is 1. The van der Waals surface area contributed by atoms with Gasteiger partial charge in [0.15, 0.2) is 11.6 Å². The Kier molecular flexibility index (Phi) is 6.90. The summed E-state index contributed by atoms with van der Waals surface area (Å²) in [4.78, 5) is 24.1. The van der Waals surface area contributed by atoms with Crippen molar-refractivity contribution in [2.24, 2.45) is 0 Å². The Morgan fingerprint density at radius 3 is 2.63 bits per heavy atom. The van der Waals surface area contributed by atoms with Gasteiger partial charge >= 0.3 is 6.36 Å². The predicted molar refractivity (Wildman–Crippen MR) is 128 cm³/mol. The summed E-state index contributed by atoms with van der Waals surface area (Å²) in [5.74, 6) is 0.275. The fourth-order valence-electron chi connectivity index (χ4n) is 4.18. The number of aromatic nitrogens is 4. The van der Waals surface area contributed by atoms with Gasteiger partial charge in [-0.2, -0.15) is 14.9 Å². The minimum Gasteiger partial charge on any atom is -0.406 e. The van der Waals surface area contributed by atoms with Crippen molar-refractivity contribution in [1.29, 1.82) is 5.26 Å². The first-order chi connectivity index (χ1) is 18.2. The van der Waals surface area contributed by atoms with Crippen LogP contribution in [-0.4, -0.2) is 58.3 Å². The van der Waals surface area contributed by atoms with Gasteiger partial charge in [0.2, 0.25) is 5.95 Å². The minimum absolute atomic E-state index is 0.0523. The number of nitrogens with one attached hydrogen (secondary N) is 1. The van der Waals surface area contributed by atoms with Crippen molar-refractivity contribution in [1.82, 2.24) is 25.1 Å². The number of hydrogen-bond acceptors (Lipinski definition) is 8. The summed E-state index contributed by atoms with van der Waals surface area (Å²) in [7, 11) is 0. The number of alkyl halides is 3. The van der Waals surface area contributed by atoms with E-state index < -0.39 is 24.1 Å². The number of rotatable bonds is 7. The standard InChI is InChI=1S/C25H24F3N7O3/c1-15(31-23(36)19-10-18(17-3-4-17)11-20(12-19)38-25(26,27)28)22-32-24(34-6-8-37-9-7-34)33-35(22)21-5-2-16(13-29)14-30-21/h2,5,10-12,14-15,17H,3-4,6-9H2,1H3,(H,31,36)/t15-/m0/s1. The molecular formula is C25H24F3N7O3. The number of nitriles is 1. The third kappa shape index (κ3) is 5.86. The number of nitrogens with zero attached hydrogens (tertiary/aromatic N) is 6. The molecule has 3 heterocycles. The summed E-state index contributed by atoms with van der Waals surface area (Å²) in [6.07, 6.45) is -1.77. The van der Waals surface area contributed by atoms with Gasteiger partial charge in [0.1, 0.15) is 11.8 Å². The van der Waals surface area contributed by atoms with Gasteiger partial charge in [-0.25, -0.2) is 4.98 Å². The number of ether oxygens (including phenoxy) is 2. The molecule has 0 unspecified atom stereocenters. The molecule has 10 nitrogen and oxygen atoms in total. The van der Waals surface area contributed by atoms with E-state index in [9.17, 15) is 18.0 Å². The molecule has 0 radical (unpaired) electrons. The van der Waals surface area contributed by atoms with Gasteiger partial charge in [-0.1, -0.05) is 0 Å². The van der Waals surface area contributed by atoms with Gasteiger partial charge in [-0.05, 0) is 61.6 Å². The number of anilines is 1. The molecule has 1 aromatic carbocycles. The first-order valence-electron chi connectivity index (χ1n) is 12.1. The molecule has 3 aromatic rings. The Bertz CT molecular complexity index is 1360. The molecular weight excluding hydrogens is 503 g/mol. The first-order valence-corrected chi connectivity index (χ1v) is 12.1. The molecule has 1 amide bonds. The van der Waals surface area contributed by atoms with Crippen LogP contribution in [0.1, 0.15) is 59.0 Å². The number of hydrogen-bond donors (Lipinski definition) is 1. The SMILES string of the molecule is C[C@H](NC(=O)c1cc(OC(F)(F)F)cc(C2CC2)c1)c1nc(N2CCOCC2)nn1-c1ccc(C#N)cn1. The third-order valence-corrected chi connectivity index (χ3v) is 6.22. The molecule has 198 valence electrons. The fourth-order valence-corrected chi connectivity index (χ4v) is 4.18. The third-order valence-electron chi connectivity index (χ3n) is 6.22. The molecule has 13 heteroatoms. The number of carbonyl (C=O) groups is 1. The fraction of sp³-hybridized carbons (Fsp3) is 0.400. The molecule has 2 aromatic heterocycles. The molecule has 0 bridgehead atoms. The van der Waals surface area contributed by atoms with E-state index in [1.54, 1.807) is 25.1 Å². The molecule has 1 saturated carbocycles. The number of halogens is 3. The molecule has 1 saturated heterocycles. The van der Waals surface area contributed by atoms with Crippen molar-refractivity contribution in [2.75, 3.05) is 31.2 Å². The van der Waals surface area contributed by atoms with E-state index in [1.165, 1.54) is 16.9 Å². The second-order valence-electron chi connectivity index (χ2n) is 9.11. The largest absolute Gasteiger partial charge is 0.573 e. The minimum atomic E-state index is -4.87. The van der Waals surface area contributed by atoms with E-state index in [4.69, 9.17) is 10.00 Å². The smallest absolute Gasteiger partial charge is 0.406 e. The van der Waals surface area contributed by atoms with E-state index in [-0.39, 0.29) is 11.5 Å². The van der Waals surface area contributed by atoms with Crippen LogP contribution in [-0.2, 0) is 4.74 Å². The van der Waals surface area contributed by atoms with E-state index in [1.807, 2.05) is 11.0 Å². The quantitative estimate of drug-likeness (QED) is 0.495. The van der Waals surface area contributed by atoms with Gasteiger partial charge in [0.05, 0.1) is 24.8 Å². The second-order valence-corrected chi connectivity index (χ2v) is 9.11. The van der Waals surface area contributed by atoms with Gasteiger partial charge in [0.25, 0.3) is 5.91 Å². The molecule has 1 aliphatic heterocycles. The first kappa shape index (κ1) is 25.5. The Morgan fingerprint density at radius 2 is 2.00 bits per heavy atom. The van der Waals surface area contributed by atoms with Gasteiger partial charge in [-0.15, -0.1) is 18.3 Å². The number of pyridine rings is 1. The van der Waals surface area contributed by atoms with Crippen LogP contribution in [0.15, 0.2) is 36.5 Å². The molecule has 1 N–H and O–H groups in total. The van der Waals surface area contributed by atoms with Crippen LogP contribution in [0.4, 0.5) is 19.1 Å². The van der Waals surface area contributed by atoms with E-state index in [0.29, 0.717) is 55.0 Å². The predicted octanol–water partition coefficient (Wildman–Crippen LogP) is 3.64. The summed E-state index contributed by atoms with van der Waals surface area (Å²) < 4.78 is 49.7. The number of benzene rings is 1. The Labute approximate surface area is 216 Å². The number of carbonyl (C=O) groups excluding carboxylic acids is 1. The zero-order valence-corrected chi connectivity index (χ0v) is 20.4. The van der Waals surface area contributed by atoms with Crippen molar-refractivity contribution in [2.45, 2.75) is 38.1 Å². The molecule has 0 spiro atoms. The van der Waals surface area contributed by atoms with Crippen LogP contribution in [0.5, 0.6) is 5.75 Å². The van der Waals surface area contributed by atoms with Crippen LogP contribution in [0, 0.1) is 11.3 Å². The van der Waals surface area contributed by atoms with Crippen molar-refractivity contribution in [3.63, 3.8) is 0 Å². The van der Waals surface area contributed by atoms with Crippen LogP contribution in [0.2, 0.25) is 0 Å². The van der Waals surface area contributed by atoms with Crippen LogP contribution in [0.3, 0.4) is 0 Å². The maximum absolute atomic E-state index is 13.2. The highest BCUT2D eigenvalue weighted by Gasteiger charge is 2.33. The van der Waals surface area contributed by atoms with Gasteiger partial charge < -0.3 is 19.7 Å². The van der Waals surface area contributed by atoms with Crippen molar-refractivity contribution < 1.29 is 27.4 Å². The average molecular weight is 528 g/mol. The molecule has 5 rings (SSSR count). The van der Waals surface area contributed by atoms with Gasteiger partial charge in [-0.3, -0.25) is 4.79 Å². The molecule has 1 aliphatic carbocycles. The van der Waals surface area contributed by atoms with E-state index in [2.05, 4.69) is 25.1 Å². The monoisotopic (exact) mass is 527 g/mol. The Morgan fingerprint density at radius 1 is 1.24 bits per heavy atom. The number of amides is 1. The summed E-state index contributed by atoms with van der Waals surface area (Å²) in [5.41, 5.74) is 1.05. The lowest BCUT2D eigenvalue weighted by atomic mass is 10.1. The highest BCUT2D eigenvalue weighted by atomic mass is 19.4. The molecule has 2 aliphatic rings. The van der Waals surface area contributed by atoms with Crippen molar-refractivity contribution in [3.8, 4) is 17.6 Å². The van der Waals surface area contributed by atoms with E-state index in [0.717, 1.165) is 18.9 Å². The normalized spacial score (nSPS) is 16.6. The van der Waals surface area contributed by atoms with Crippen LogP contribution >= 0.6 is 0 Å². The van der Waals surface area contributed by atoms with Crippen molar-refractivity contribution in [3.05, 3.63) is 59.0 Å². The molecule has 1 atom stereocenters. The maximum Gasteiger partial charge on any atom is 0.573 e. The lowest BCUT2D eigenvalue weighted by molar-refractivity contribution is -0.274. The van der Waals surface area contributed by atoms with Gasteiger partial charge in [0, 0.05) is 24.8 Å². The topological polar surface area (TPSA) is 118 Å². The lowest BCUT2D eigenvalue weighted by Crippen LogP contribution is -2.37. The summed E-state index contributed by atoms with van der Waals surface area (Å²) in [6.45, 7) is 3.90. The second kappa shape index (κ2) is 10.3. The Hall–Kier alpha value is -4.18. The molecule has 2 fully saturated rings. The highest BCUT2D eigenvalue weighted by molar-refractivity contribution is 5.95. The zero-order valence-electron chi connectivity index (χ0n) is 20.4. The maximum atomic E-state index is 13.2. The Balaban J connectivity index is 1.44. The highest BCUT2D eigenvalue weighted by Crippen LogP contribution is 2.42. The molecule has 38 heavy (non-hydrogen) atoms. The summed E-state index contributed by atoms with van der Waals surface area (Å²) >= 11 is 0. The zero-order chi connectivity index (χ0) is 26.9. The lowest BCUT2D eigenvalue weighted by Gasteiger charge is -2.25.